The van der Waals surface area contributed by atoms with Crippen LogP contribution < -0.4 is 10.2 Å². The topological polar surface area (TPSA) is 92.5 Å². The van der Waals surface area contributed by atoms with Gasteiger partial charge in [-0.1, -0.05) is 26.0 Å². The first-order valence-corrected chi connectivity index (χ1v) is 9.32. The molecular weight excluding hydrogens is 356 g/mol. The van der Waals surface area contributed by atoms with Crippen LogP contribution in [0.3, 0.4) is 0 Å². The van der Waals surface area contributed by atoms with Crippen LogP contribution >= 0.6 is 0 Å². The van der Waals surface area contributed by atoms with Gasteiger partial charge >= 0.3 is 0 Å². The van der Waals surface area contributed by atoms with Gasteiger partial charge in [0.15, 0.2) is 0 Å². The minimum atomic E-state index is -0.442. The van der Waals surface area contributed by atoms with E-state index in [1.54, 1.807) is 15.5 Å². The lowest BCUT2D eigenvalue weighted by Gasteiger charge is -2.17. The third-order valence-electron chi connectivity index (χ3n) is 5.02. The van der Waals surface area contributed by atoms with Crippen LogP contribution in [0.5, 0.6) is 0 Å². The van der Waals surface area contributed by atoms with E-state index in [4.69, 9.17) is 0 Å². The van der Waals surface area contributed by atoms with Crippen molar-refractivity contribution in [3.8, 4) is 0 Å². The van der Waals surface area contributed by atoms with Crippen LogP contribution in [0.1, 0.15) is 37.4 Å². The highest BCUT2D eigenvalue weighted by molar-refractivity contribution is 6.03. The van der Waals surface area contributed by atoms with Gasteiger partial charge in [-0.3, -0.25) is 19.3 Å². The van der Waals surface area contributed by atoms with Crippen molar-refractivity contribution >= 4 is 29.2 Å². The average molecular weight is 378 g/mol. The molecule has 1 aliphatic heterocycles. The third-order valence-corrected chi connectivity index (χ3v) is 5.02. The number of rotatable bonds is 4. The molecule has 8 nitrogen and oxygen atoms in total. The molecule has 3 aromatic rings. The van der Waals surface area contributed by atoms with E-state index in [9.17, 15) is 9.59 Å². The second-order valence-corrected chi connectivity index (χ2v) is 7.40. The first-order valence-electron chi connectivity index (χ1n) is 9.32. The van der Waals surface area contributed by atoms with Crippen LogP contribution in [0.25, 0.3) is 5.78 Å². The molecule has 0 saturated carbocycles. The lowest BCUT2D eigenvalue weighted by molar-refractivity contribution is -0.122. The van der Waals surface area contributed by atoms with Gasteiger partial charge < -0.3 is 4.90 Å². The summed E-state index contributed by atoms with van der Waals surface area (Å²) in [5.74, 6) is 0.413. The Morgan fingerprint density at radius 2 is 1.93 bits per heavy atom. The number of aryl methyl sites for hydroxylation is 1. The fourth-order valence-electron chi connectivity index (χ4n) is 3.34. The van der Waals surface area contributed by atoms with Crippen molar-refractivity contribution in [1.82, 2.24) is 19.6 Å². The number of amides is 2. The van der Waals surface area contributed by atoms with Crippen molar-refractivity contribution in [2.75, 3.05) is 16.8 Å². The molecule has 1 atom stereocenters. The summed E-state index contributed by atoms with van der Waals surface area (Å²) in [7, 11) is 0. The van der Waals surface area contributed by atoms with Crippen LogP contribution in [0, 0.1) is 12.8 Å². The quantitative estimate of drug-likeness (QED) is 0.753. The maximum absolute atomic E-state index is 12.7. The number of anilines is 2. The summed E-state index contributed by atoms with van der Waals surface area (Å²) in [5, 5.41) is 10.7. The van der Waals surface area contributed by atoms with Crippen molar-refractivity contribution in [3.05, 3.63) is 47.8 Å². The Kier molecular flexibility index (Phi) is 4.54. The number of hydrogen-bond acceptors (Lipinski definition) is 5. The largest absolute Gasteiger partial charge is 0.312 e. The second-order valence-electron chi connectivity index (χ2n) is 7.40. The number of carbonyl (C=O) groups is 2. The standard InChI is InChI=1S/C20H22N6O2/c1-12(2)14-4-6-16(7-5-14)26-11-15(10-17(26)27)18(28)22-20-24-23-19-21-13(3)8-9-25(19)20/h4-9,12,15H,10-11H2,1-3H3,(H,22,24,28). The number of aromatic nitrogens is 4. The van der Waals surface area contributed by atoms with E-state index in [1.165, 1.54) is 5.56 Å². The molecule has 0 radical (unpaired) electrons. The Morgan fingerprint density at radius 3 is 2.64 bits per heavy atom. The van der Waals surface area contributed by atoms with E-state index in [1.807, 2.05) is 37.3 Å². The van der Waals surface area contributed by atoms with Crippen LogP contribution in [0.15, 0.2) is 36.5 Å². The molecule has 1 saturated heterocycles. The molecule has 4 rings (SSSR count). The number of nitrogens with one attached hydrogen (secondary N) is 1. The van der Waals surface area contributed by atoms with Gasteiger partial charge in [-0.25, -0.2) is 4.98 Å². The number of nitrogens with zero attached hydrogens (tertiary/aromatic N) is 5. The third kappa shape index (κ3) is 3.33. The Morgan fingerprint density at radius 1 is 1.18 bits per heavy atom. The van der Waals surface area contributed by atoms with Gasteiger partial charge in [-0.05, 0) is 36.6 Å². The summed E-state index contributed by atoms with van der Waals surface area (Å²) in [5.41, 5.74) is 2.85. The van der Waals surface area contributed by atoms with E-state index >= 15 is 0 Å². The Labute approximate surface area is 162 Å². The number of hydrogen-bond donors (Lipinski definition) is 1. The van der Waals surface area contributed by atoms with Crippen molar-refractivity contribution < 1.29 is 9.59 Å². The zero-order chi connectivity index (χ0) is 19.8. The van der Waals surface area contributed by atoms with Gasteiger partial charge in [0.25, 0.3) is 5.78 Å². The Bertz CT molecular complexity index is 1040. The molecule has 1 N–H and O–H groups in total. The monoisotopic (exact) mass is 378 g/mol. The van der Waals surface area contributed by atoms with Crippen LogP contribution in [0.4, 0.5) is 11.6 Å². The number of benzene rings is 1. The minimum Gasteiger partial charge on any atom is -0.312 e. The molecule has 1 aromatic carbocycles. The molecule has 0 spiro atoms. The molecule has 2 aromatic heterocycles. The highest BCUT2D eigenvalue weighted by Crippen LogP contribution is 2.27. The number of carbonyl (C=O) groups excluding carboxylic acids is 2. The fourth-order valence-corrected chi connectivity index (χ4v) is 3.34. The van der Waals surface area contributed by atoms with Gasteiger partial charge in [0.1, 0.15) is 0 Å². The zero-order valence-electron chi connectivity index (χ0n) is 16.1. The summed E-state index contributed by atoms with van der Waals surface area (Å²) >= 11 is 0. The highest BCUT2D eigenvalue weighted by atomic mass is 16.2. The summed E-state index contributed by atoms with van der Waals surface area (Å²) in [4.78, 5) is 31.1. The SMILES string of the molecule is Cc1ccn2c(NC(=O)C3CC(=O)N(c4ccc(C(C)C)cc4)C3)nnc2n1. The van der Waals surface area contributed by atoms with E-state index < -0.39 is 5.92 Å². The maximum atomic E-state index is 12.7. The maximum Gasteiger partial charge on any atom is 0.256 e. The van der Waals surface area contributed by atoms with E-state index in [-0.39, 0.29) is 18.2 Å². The molecule has 3 heterocycles. The van der Waals surface area contributed by atoms with Gasteiger partial charge in [-0.15, -0.1) is 10.2 Å². The van der Waals surface area contributed by atoms with Crippen molar-refractivity contribution in [1.29, 1.82) is 0 Å². The van der Waals surface area contributed by atoms with Gasteiger partial charge in [-0.2, -0.15) is 0 Å². The average Bonchev–Trinajstić information content (AvgIpc) is 3.25. The number of fused-ring (bicyclic) bond motifs is 1. The van der Waals surface area contributed by atoms with E-state index in [0.29, 0.717) is 24.2 Å². The van der Waals surface area contributed by atoms with Crippen LogP contribution in [-0.4, -0.2) is 37.9 Å². The summed E-state index contributed by atoms with van der Waals surface area (Å²) < 4.78 is 1.62. The molecule has 8 heteroatoms. The van der Waals surface area contributed by atoms with Crippen molar-refractivity contribution in [2.45, 2.75) is 33.1 Å². The zero-order valence-corrected chi connectivity index (χ0v) is 16.1. The van der Waals surface area contributed by atoms with Crippen molar-refractivity contribution in [2.24, 2.45) is 5.92 Å². The Balaban J connectivity index is 1.47. The normalized spacial score (nSPS) is 16.9. The smallest absolute Gasteiger partial charge is 0.256 e. The minimum absolute atomic E-state index is 0.0548. The van der Waals surface area contributed by atoms with Gasteiger partial charge in [0.05, 0.1) is 5.92 Å². The van der Waals surface area contributed by atoms with E-state index in [0.717, 1.165) is 11.4 Å². The van der Waals surface area contributed by atoms with Crippen LogP contribution in [-0.2, 0) is 9.59 Å². The fraction of sp³-hybridized carbons (Fsp3) is 0.350. The predicted molar refractivity (Wildman–Crippen MR) is 105 cm³/mol. The second kappa shape index (κ2) is 7.03. The van der Waals surface area contributed by atoms with E-state index in [2.05, 4.69) is 34.3 Å². The molecule has 0 bridgehead atoms. The predicted octanol–water partition coefficient (Wildman–Crippen LogP) is 2.55. The first-order chi connectivity index (χ1) is 13.4. The molecule has 1 unspecified atom stereocenters. The molecule has 1 aliphatic rings. The molecule has 2 amide bonds. The lowest BCUT2D eigenvalue weighted by Crippen LogP contribution is -2.28. The highest BCUT2D eigenvalue weighted by Gasteiger charge is 2.35. The summed E-state index contributed by atoms with van der Waals surface area (Å²) in [6.45, 7) is 6.46. The summed E-state index contributed by atoms with van der Waals surface area (Å²) in [6, 6.07) is 9.74. The van der Waals surface area contributed by atoms with Crippen molar-refractivity contribution in [3.63, 3.8) is 0 Å². The molecular formula is C20H22N6O2. The Hall–Kier alpha value is -3.29. The molecule has 0 aliphatic carbocycles. The summed E-state index contributed by atoms with van der Waals surface area (Å²) in [6.07, 6.45) is 1.93. The lowest BCUT2D eigenvalue weighted by atomic mass is 10.0. The molecule has 28 heavy (non-hydrogen) atoms. The van der Waals surface area contributed by atoms with Gasteiger partial charge in [0, 0.05) is 30.5 Å². The molecule has 1 fully saturated rings. The van der Waals surface area contributed by atoms with Gasteiger partial charge in [0.2, 0.25) is 17.8 Å². The first kappa shape index (κ1) is 18.1. The molecule has 144 valence electrons. The van der Waals surface area contributed by atoms with Crippen LogP contribution in [0.2, 0.25) is 0 Å².